The minimum atomic E-state index is -2.78. The average Bonchev–Trinajstić information content (AvgIpc) is 2.66. The fourth-order valence-corrected chi connectivity index (χ4v) is 2.43. The Morgan fingerprint density at radius 3 is 2.46 bits per heavy atom. The van der Waals surface area contributed by atoms with Crippen LogP contribution in [0.5, 0.6) is 0 Å². The van der Waals surface area contributed by atoms with E-state index in [9.17, 15) is 8.78 Å². The Labute approximate surface area is 170 Å². The van der Waals surface area contributed by atoms with Crippen LogP contribution in [-0.2, 0) is 14.2 Å². The van der Waals surface area contributed by atoms with Crippen molar-refractivity contribution in [3.8, 4) is 11.3 Å². The molecule has 0 aliphatic heterocycles. The SMILES string of the molecule is Nc1nc(NCCOCCOCCOC(F)F)nnc1-c1cccc(Cl)c1Cl. The lowest BCUT2D eigenvalue weighted by Gasteiger charge is -2.09. The summed E-state index contributed by atoms with van der Waals surface area (Å²) in [6, 6.07) is 5.10. The van der Waals surface area contributed by atoms with Crippen LogP contribution in [0, 0.1) is 0 Å². The maximum atomic E-state index is 11.7. The predicted octanol–water partition coefficient (Wildman–Crippen LogP) is 3.11. The molecule has 1 heterocycles. The number of nitrogens with zero attached hydrogens (tertiary/aromatic N) is 3. The van der Waals surface area contributed by atoms with E-state index in [4.69, 9.17) is 38.4 Å². The highest BCUT2D eigenvalue weighted by molar-refractivity contribution is 6.43. The molecule has 12 heteroatoms. The molecule has 2 aromatic rings. The highest BCUT2D eigenvalue weighted by Crippen LogP contribution is 2.34. The van der Waals surface area contributed by atoms with E-state index in [2.05, 4.69) is 25.2 Å². The number of nitrogens with one attached hydrogen (secondary N) is 1. The van der Waals surface area contributed by atoms with Gasteiger partial charge in [-0.05, 0) is 6.07 Å². The molecule has 0 radical (unpaired) electrons. The number of anilines is 2. The largest absolute Gasteiger partial charge is 0.382 e. The van der Waals surface area contributed by atoms with Crippen LogP contribution in [-0.4, -0.2) is 61.4 Å². The molecule has 0 saturated heterocycles. The van der Waals surface area contributed by atoms with Crippen LogP contribution in [0.2, 0.25) is 10.0 Å². The van der Waals surface area contributed by atoms with Gasteiger partial charge in [-0.15, -0.1) is 10.2 Å². The molecule has 0 spiro atoms. The summed E-state index contributed by atoms with van der Waals surface area (Å²) in [5.74, 6) is 0.394. The second kappa shape index (κ2) is 11.9. The quantitative estimate of drug-likeness (QED) is 0.488. The molecule has 1 aromatic heterocycles. The van der Waals surface area contributed by atoms with E-state index >= 15 is 0 Å². The summed E-state index contributed by atoms with van der Waals surface area (Å²) in [7, 11) is 0. The molecule has 2 rings (SSSR count). The van der Waals surface area contributed by atoms with E-state index in [1.54, 1.807) is 18.2 Å². The number of ether oxygens (including phenoxy) is 3. The predicted molar refractivity (Wildman–Crippen MR) is 102 cm³/mol. The Hall–Kier alpha value is -1.85. The van der Waals surface area contributed by atoms with Gasteiger partial charge in [0, 0.05) is 12.1 Å². The summed E-state index contributed by atoms with van der Waals surface area (Å²) in [5.41, 5.74) is 6.82. The van der Waals surface area contributed by atoms with Crippen molar-refractivity contribution < 1.29 is 23.0 Å². The van der Waals surface area contributed by atoms with Crippen molar-refractivity contribution in [3.05, 3.63) is 28.2 Å². The third-order valence-electron chi connectivity index (χ3n) is 3.29. The van der Waals surface area contributed by atoms with Gasteiger partial charge >= 0.3 is 6.61 Å². The van der Waals surface area contributed by atoms with Gasteiger partial charge in [-0.3, -0.25) is 0 Å². The van der Waals surface area contributed by atoms with Crippen LogP contribution in [0.25, 0.3) is 11.3 Å². The molecular formula is C16H19Cl2F2N5O3. The molecule has 0 unspecified atom stereocenters. The first kappa shape index (κ1) is 22.4. The second-order valence-electron chi connectivity index (χ2n) is 5.25. The van der Waals surface area contributed by atoms with Gasteiger partial charge in [-0.2, -0.15) is 13.8 Å². The van der Waals surface area contributed by atoms with E-state index in [1.165, 1.54) is 0 Å². The van der Waals surface area contributed by atoms with Crippen molar-refractivity contribution in [1.82, 2.24) is 15.2 Å². The van der Waals surface area contributed by atoms with Crippen molar-refractivity contribution >= 4 is 35.0 Å². The highest BCUT2D eigenvalue weighted by atomic mass is 35.5. The standard InChI is InChI=1S/C16H19Cl2F2N5O3/c17-11-3-1-2-10(12(11)18)13-14(21)23-16(25-24-13)22-4-5-26-6-7-27-8-9-28-15(19)20/h1-3,15H,4-9H2,(H3,21,22,23,25). The Balaban J connectivity index is 1.69. The molecule has 0 aliphatic carbocycles. The maximum absolute atomic E-state index is 11.7. The Morgan fingerprint density at radius 2 is 1.75 bits per heavy atom. The Kier molecular flexibility index (Phi) is 9.51. The number of benzene rings is 1. The third-order valence-corrected chi connectivity index (χ3v) is 4.11. The lowest BCUT2D eigenvalue weighted by Crippen LogP contribution is -2.16. The summed E-state index contributed by atoms with van der Waals surface area (Å²) in [6.45, 7) is -1.53. The molecule has 0 amide bonds. The first-order valence-electron chi connectivity index (χ1n) is 8.22. The summed E-state index contributed by atoms with van der Waals surface area (Å²) in [4.78, 5) is 4.14. The van der Waals surface area contributed by atoms with Crippen molar-refractivity contribution in [1.29, 1.82) is 0 Å². The van der Waals surface area contributed by atoms with Crippen molar-refractivity contribution in [2.75, 3.05) is 50.6 Å². The number of hydrogen-bond acceptors (Lipinski definition) is 8. The molecule has 0 atom stereocenters. The number of nitrogen functional groups attached to an aromatic ring is 1. The average molecular weight is 438 g/mol. The van der Waals surface area contributed by atoms with E-state index in [1.807, 2.05) is 0 Å². The zero-order valence-electron chi connectivity index (χ0n) is 14.7. The van der Waals surface area contributed by atoms with Crippen LogP contribution in [0.4, 0.5) is 20.5 Å². The van der Waals surface area contributed by atoms with Gasteiger partial charge in [-0.1, -0.05) is 35.3 Å². The number of nitrogens with two attached hydrogens (primary N) is 1. The fraction of sp³-hybridized carbons (Fsp3) is 0.438. The van der Waals surface area contributed by atoms with Gasteiger partial charge in [0.25, 0.3) is 0 Å². The molecule has 0 fully saturated rings. The molecule has 0 aliphatic rings. The van der Waals surface area contributed by atoms with Crippen LogP contribution in [0.3, 0.4) is 0 Å². The van der Waals surface area contributed by atoms with E-state index in [0.29, 0.717) is 41.1 Å². The smallest absolute Gasteiger partial charge is 0.345 e. The number of alkyl halides is 2. The van der Waals surface area contributed by atoms with E-state index in [0.717, 1.165) is 0 Å². The highest BCUT2D eigenvalue weighted by Gasteiger charge is 2.13. The number of halogens is 4. The Bertz CT molecular complexity index is 758. The molecule has 0 bridgehead atoms. The third kappa shape index (κ3) is 7.28. The maximum Gasteiger partial charge on any atom is 0.345 e. The van der Waals surface area contributed by atoms with Crippen molar-refractivity contribution in [2.24, 2.45) is 0 Å². The first-order chi connectivity index (χ1) is 13.5. The summed E-state index contributed by atoms with van der Waals surface area (Å²) < 4.78 is 37.9. The zero-order valence-corrected chi connectivity index (χ0v) is 16.2. The summed E-state index contributed by atoms with van der Waals surface area (Å²) in [5, 5.41) is 11.6. The summed E-state index contributed by atoms with van der Waals surface area (Å²) in [6.07, 6.45) is 0. The van der Waals surface area contributed by atoms with Gasteiger partial charge < -0.3 is 25.3 Å². The fourth-order valence-electron chi connectivity index (χ4n) is 2.04. The van der Waals surface area contributed by atoms with Crippen LogP contribution in [0.1, 0.15) is 0 Å². The lowest BCUT2D eigenvalue weighted by molar-refractivity contribution is -0.140. The summed E-state index contributed by atoms with van der Waals surface area (Å²) >= 11 is 12.2. The molecule has 1 aromatic carbocycles. The van der Waals surface area contributed by atoms with Gasteiger partial charge in [-0.25, -0.2) is 0 Å². The Morgan fingerprint density at radius 1 is 1.04 bits per heavy atom. The van der Waals surface area contributed by atoms with Gasteiger partial charge in [0.15, 0.2) is 5.82 Å². The normalized spacial score (nSPS) is 11.2. The number of aromatic nitrogens is 3. The topological polar surface area (TPSA) is 104 Å². The van der Waals surface area contributed by atoms with E-state index < -0.39 is 6.61 Å². The monoisotopic (exact) mass is 437 g/mol. The zero-order chi connectivity index (χ0) is 20.4. The van der Waals surface area contributed by atoms with Crippen molar-refractivity contribution in [3.63, 3.8) is 0 Å². The van der Waals surface area contributed by atoms with Crippen LogP contribution < -0.4 is 11.1 Å². The number of rotatable bonds is 12. The molecule has 3 N–H and O–H groups in total. The van der Waals surface area contributed by atoms with E-state index in [-0.39, 0.29) is 31.6 Å². The van der Waals surface area contributed by atoms with Crippen molar-refractivity contribution in [2.45, 2.75) is 6.61 Å². The molecule has 0 saturated carbocycles. The minimum absolute atomic E-state index is 0.0771. The van der Waals surface area contributed by atoms with Crippen LogP contribution in [0.15, 0.2) is 18.2 Å². The van der Waals surface area contributed by atoms with Gasteiger partial charge in [0.05, 0.1) is 43.1 Å². The van der Waals surface area contributed by atoms with Crippen LogP contribution >= 0.6 is 23.2 Å². The molecule has 154 valence electrons. The molecule has 8 nitrogen and oxygen atoms in total. The molecule has 28 heavy (non-hydrogen) atoms. The minimum Gasteiger partial charge on any atom is -0.382 e. The first-order valence-corrected chi connectivity index (χ1v) is 8.98. The number of hydrogen-bond donors (Lipinski definition) is 2. The lowest BCUT2D eigenvalue weighted by atomic mass is 10.1. The van der Waals surface area contributed by atoms with Gasteiger partial charge in [0.1, 0.15) is 5.69 Å². The molecular weight excluding hydrogens is 419 g/mol. The van der Waals surface area contributed by atoms with Gasteiger partial charge in [0.2, 0.25) is 5.95 Å². The second-order valence-corrected chi connectivity index (χ2v) is 6.04.